The number of phenolic OH excluding ortho intramolecular Hbond substituents is 1. The molecule has 3 N–H and O–H groups in total. The minimum atomic E-state index is -0.0792. The Morgan fingerprint density at radius 2 is 1.89 bits per heavy atom. The Bertz CT molecular complexity index is 1030. The van der Waals surface area contributed by atoms with Gasteiger partial charge < -0.3 is 15.4 Å². The Labute approximate surface area is 158 Å². The fraction of sp³-hybridized carbons (Fsp3) is 0.318. The van der Waals surface area contributed by atoms with Crippen molar-refractivity contribution in [2.45, 2.75) is 32.4 Å². The number of fused-ring (bicyclic) bond motifs is 2. The third-order valence-corrected chi connectivity index (χ3v) is 5.70. The number of nitrogens with zero attached hydrogens (tertiary/aromatic N) is 1. The molecule has 5 nitrogen and oxygen atoms in total. The van der Waals surface area contributed by atoms with Gasteiger partial charge in [0.15, 0.2) is 0 Å². The highest BCUT2D eigenvalue weighted by Crippen LogP contribution is 2.34. The number of likely N-dealkylation sites (tertiary alicyclic amines) is 1. The predicted molar refractivity (Wildman–Crippen MR) is 106 cm³/mol. The minimum absolute atomic E-state index is 0.0792. The van der Waals surface area contributed by atoms with Crippen LogP contribution in [-0.2, 0) is 13.1 Å². The minimum Gasteiger partial charge on any atom is -0.508 e. The Morgan fingerprint density at radius 3 is 2.74 bits per heavy atom. The van der Waals surface area contributed by atoms with Gasteiger partial charge in [0.1, 0.15) is 5.75 Å². The maximum atomic E-state index is 12.2. The number of phenols is 1. The molecule has 0 unspecified atom stereocenters. The van der Waals surface area contributed by atoms with Gasteiger partial charge in [-0.05, 0) is 67.4 Å². The molecule has 3 heterocycles. The van der Waals surface area contributed by atoms with E-state index in [-0.39, 0.29) is 11.7 Å². The second-order valence-electron chi connectivity index (χ2n) is 7.65. The largest absolute Gasteiger partial charge is 0.508 e. The van der Waals surface area contributed by atoms with Gasteiger partial charge in [0.2, 0.25) is 0 Å². The third-order valence-electron chi connectivity index (χ3n) is 5.70. The highest BCUT2D eigenvalue weighted by atomic mass is 16.3. The summed E-state index contributed by atoms with van der Waals surface area (Å²) < 4.78 is 0. The van der Waals surface area contributed by atoms with Gasteiger partial charge >= 0.3 is 0 Å². The van der Waals surface area contributed by atoms with E-state index in [1.807, 2.05) is 0 Å². The van der Waals surface area contributed by atoms with Gasteiger partial charge in [-0.25, -0.2) is 0 Å². The third kappa shape index (κ3) is 2.98. The second kappa shape index (κ2) is 6.43. The zero-order valence-corrected chi connectivity index (χ0v) is 15.2. The van der Waals surface area contributed by atoms with E-state index in [1.165, 1.54) is 37.9 Å². The number of piperidine rings is 1. The molecule has 0 spiro atoms. The highest BCUT2D eigenvalue weighted by molar-refractivity contribution is 6.05. The van der Waals surface area contributed by atoms with E-state index in [4.69, 9.17) is 0 Å². The quantitative estimate of drug-likeness (QED) is 0.665. The molecule has 0 bridgehead atoms. The molecule has 1 aromatic heterocycles. The Morgan fingerprint density at radius 1 is 1.04 bits per heavy atom. The van der Waals surface area contributed by atoms with Crippen molar-refractivity contribution >= 4 is 16.8 Å². The molecule has 1 fully saturated rings. The number of carbonyl (C=O) groups is 1. The van der Waals surface area contributed by atoms with Crippen molar-refractivity contribution < 1.29 is 9.90 Å². The molecule has 138 valence electrons. The number of hydrogen-bond acceptors (Lipinski definition) is 3. The summed E-state index contributed by atoms with van der Waals surface area (Å²) in [6, 6.07) is 11.9. The summed E-state index contributed by atoms with van der Waals surface area (Å²) in [5, 5.41) is 14.0. The van der Waals surface area contributed by atoms with Crippen LogP contribution < -0.4 is 5.32 Å². The summed E-state index contributed by atoms with van der Waals surface area (Å²) in [5.74, 6) is 0.106. The van der Waals surface area contributed by atoms with Crippen LogP contribution in [0.25, 0.3) is 22.2 Å². The summed E-state index contributed by atoms with van der Waals surface area (Å²) >= 11 is 0. The van der Waals surface area contributed by atoms with Gasteiger partial charge in [-0.3, -0.25) is 9.69 Å². The van der Waals surface area contributed by atoms with Crippen molar-refractivity contribution in [1.82, 2.24) is 15.2 Å². The molecule has 2 aliphatic rings. The van der Waals surface area contributed by atoms with E-state index >= 15 is 0 Å². The molecule has 2 aliphatic heterocycles. The summed E-state index contributed by atoms with van der Waals surface area (Å²) in [4.78, 5) is 18.2. The molecule has 27 heavy (non-hydrogen) atoms. The van der Waals surface area contributed by atoms with Crippen LogP contribution in [0.5, 0.6) is 5.75 Å². The molecule has 5 heteroatoms. The standard InChI is InChI=1S/C22H23N3O2/c26-17-9-16-12-23-22(27)21(16)18(11-17)20-10-15-8-14(4-5-19(15)24-20)13-25-6-2-1-3-7-25/h4-5,8-11,24,26H,1-3,6-7,12-13H2,(H,23,27). The van der Waals surface area contributed by atoms with Crippen molar-refractivity contribution in [3.63, 3.8) is 0 Å². The predicted octanol–water partition coefficient (Wildman–Crippen LogP) is 3.77. The number of aromatic nitrogens is 1. The average molecular weight is 361 g/mol. The fourth-order valence-electron chi connectivity index (χ4n) is 4.37. The summed E-state index contributed by atoms with van der Waals surface area (Å²) in [6.07, 6.45) is 3.93. The topological polar surface area (TPSA) is 68.4 Å². The van der Waals surface area contributed by atoms with E-state index in [1.54, 1.807) is 12.1 Å². The van der Waals surface area contributed by atoms with Gasteiger partial charge in [0, 0.05) is 35.2 Å². The van der Waals surface area contributed by atoms with Crippen LogP contribution in [0.2, 0.25) is 0 Å². The number of benzene rings is 2. The summed E-state index contributed by atoms with van der Waals surface area (Å²) in [7, 11) is 0. The number of nitrogens with one attached hydrogen (secondary N) is 2. The van der Waals surface area contributed by atoms with Crippen LogP contribution >= 0.6 is 0 Å². The van der Waals surface area contributed by atoms with E-state index in [0.29, 0.717) is 12.1 Å². The van der Waals surface area contributed by atoms with Crippen molar-refractivity contribution in [3.8, 4) is 17.0 Å². The van der Waals surface area contributed by atoms with Crippen LogP contribution in [0.1, 0.15) is 40.7 Å². The first-order valence-electron chi connectivity index (χ1n) is 9.66. The zero-order chi connectivity index (χ0) is 18.4. The first kappa shape index (κ1) is 16.4. The molecule has 1 saturated heterocycles. The molecule has 2 aromatic carbocycles. The molecule has 0 radical (unpaired) electrons. The van der Waals surface area contributed by atoms with Gasteiger partial charge in [-0.1, -0.05) is 12.5 Å². The lowest BCUT2D eigenvalue weighted by atomic mass is 10.00. The Kier molecular flexibility index (Phi) is 3.90. The van der Waals surface area contributed by atoms with Crippen molar-refractivity contribution in [2.75, 3.05) is 13.1 Å². The van der Waals surface area contributed by atoms with Crippen LogP contribution in [0.4, 0.5) is 0 Å². The van der Waals surface area contributed by atoms with Crippen LogP contribution in [0.15, 0.2) is 36.4 Å². The summed E-state index contributed by atoms with van der Waals surface area (Å²) in [6.45, 7) is 3.82. The molecule has 3 aromatic rings. The Balaban J connectivity index is 1.51. The van der Waals surface area contributed by atoms with E-state index in [9.17, 15) is 9.90 Å². The van der Waals surface area contributed by atoms with Crippen molar-refractivity contribution in [1.29, 1.82) is 0 Å². The lowest BCUT2D eigenvalue weighted by Gasteiger charge is -2.26. The maximum absolute atomic E-state index is 12.2. The monoisotopic (exact) mass is 361 g/mol. The smallest absolute Gasteiger partial charge is 0.252 e. The van der Waals surface area contributed by atoms with Crippen molar-refractivity contribution in [3.05, 3.63) is 53.1 Å². The molecular formula is C22H23N3O2. The second-order valence-corrected chi connectivity index (χ2v) is 7.65. The molecule has 0 aliphatic carbocycles. The maximum Gasteiger partial charge on any atom is 0.252 e. The van der Waals surface area contributed by atoms with E-state index < -0.39 is 0 Å². The average Bonchev–Trinajstić information content (AvgIpc) is 3.25. The number of rotatable bonds is 3. The van der Waals surface area contributed by atoms with Crippen molar-refractivity contribution in [2.24, 2.45) is 0 Å². The SMILES string of the molecule is O=C1NCc2cc(O)cc(-c3cc4cc(CN5CCCCC5)ccc4[nH]3)c21. The first-order chi connectivity index (χ1) is 13.2. The summed E-state index contributed by atoms with van der Waals surface area (Å²) in [5.41, 5.74) is 5.49. The van der Waals surface area contributed by atoms with Gasteiger partial charge in [0.05, 0.1) is 5.56 Å². The van der Waals surface area contributed by atoms with Gasteiger partial charge in [-0.2, -0.15) is 0 Å². The molecular weight excluding hydrogens is 338 g/mol. The molecule has 0 saturated carbocycles. The number of H-pyrrole nitrogens is 1. The highest BCUT2D eigenvalue weighted by Gasteiger charge is 2.25. The van der Waals surface area contributed by atoms with Gasteiger partial charge in [-0.15, -0.1) is 0 Å². The normalized spacial score (nSPS) is 17.3. The van der Waals surface area contributed by atoms with Crippen LogP contribution in [0.3, 0.4) is 0 Å². The van der Waals surface area contributed by atoms with Crippen LogP contribution in [-0.4, -0.2) is 34.0 Å². The lowest BCUT2D eigenvalue weighted by Crippen LogP contribution is -2.28. The Hall–Kier alpha value is -2.79. The fourth-order valence-corrected chi connectivity index (χ4v) is 4.37. The number of amides is 1. The molecule has 5 rings (SSSR count). The molecule has 0 atom stereocenters. The number of aromatic amines is 1. The number of aromatic hydroxyl groups is 1. The van der Waals surface area contributed by atoms with E-state index in [2.05, 4.69) is 39.5 Å². The van der Waals surface area contributed by atoms with Crippen LogP contribution in [0, 0.1) is 0 Å². The molecule has 1 amide bonds. The first-order valence-corrected chi connectivity index (χ1v) is 9.66. The number of hydrogen-bond donors (Lipinski definition) is 3. The zero-order valence-electron chi connectivity index (χ0n) is 15.2. The lowest BCUT2D eigenvalue weighted by molar-refractivity contribution is 0.0966. The van der Waals surface area contributed by atoms with E-state index in [0.717, 1.165) is 34.3 Å². The van der Waals surface area contributed by atoms with Gasteiger partial charge in [0.25, 0.3) is 5.91 Å². The number of carbonyl (C=O) groups excluding carboxylic acids is 1.